The number of anilines is 1. The van der Waals surface area contributed by atoms with Crippen molar-refractivity contribution in [2.24, 2.45) is 5.92 Å². The van der Waals surface area contributed by atoms with E-state index in [1.165, 1.54) is 12.1 Å². The number of rotatable bonds is 4. The number of benzene rings is 2. The van der Waals surface area contributed by atoms with Gasteiger partial charge in [-0.1, -0.05) is 0 Å². The van der Waals surface area contributed by atoms with Gasteiger partial charge in [0.1, 0.15) is 17.9 Å². The van der Waals surface area contributed by atoms with Crippen LogP contribution in [0.25, 0.3) is 0 Å². The molecule has 0 bridgehead atoms. The quantitative estimate of drug-likeness (QED) is 0.823. The van der Waals surface area contributed by atoms with Crippen molar-refractivity contribution in [3.63, 3.8) is 0 Å². The van der Waals surface area contributed by atoms with Crippen LogP contribution < -0.4 is 15.0 Å². The monoisotopic (exact) mass is 382 g/mol. The van der Waals surface area contributed by atoms with Crippen molar-refractivity contribution in [1.29, 1.82) is 0 Å². The van der Waals surface area contributed by atoms with Gasteiger partial charge in [-0.05, 0) is 55.3 Å². The van der Waals surface area contributed by atoms with Gasteiger partial charge in [-0.2, -0.15) is 0 Å². The molecule has 4 rings (SSSR count). The molecule has 0 unspecified atom stereocenters. The summed E-state index contributed by atoms with van der Waals surface area (Å²) in [4.78, 5) is 25.8. The first-order chi connectivity index (χ1) is 13.6. The predicted molar refractivity (Wildman–Crippen MR) is 104 cm³/mol. The van der Waals surface area contributed by atoms with Crippen LogP contribution in [0.15, 0.2) is 42.5 Å². The van der Waals surface area contributed by atoms with Crippen molar-refractivity contribution in [3.05, 3.63) is 59.4 Å². The molecule has 2 aliphatic heterocycles. The van der Waals surface area contributed by atoms with Gasteiger partial charge in [0.05, 0.1) is 12.6 Å². The molecule has 5 nitrogen and oxygen atoms in total. The number of aldehydes is 1. The molecule has 0 radical (unpaired) electrons. The maximum Gasteiger partial charge on any atom is 0.223 e. The lowest BCUT2D eigenvalue weighted by Gasteiger charge is -2.34. The van der Waals surface area contributed by atoms with Gasteiger partial charge in [-0.25, -0.2) is 4.39 Å². The normalized spacial score (nSPS) is 19.5. The molecule has 1 saturated heterocycles. The zero-order valence-electron chi connectivity index (χ0n) is 15.6. The molecule has 0 aromatic heterocycles. The Balaban J connectivity index is 1.36. The number of carbonyl (C=O) groups excluding carboxylic acids is 2. The first-order valence-electron chi connectivity index (χ1n) is 9.67. The molecule has 1 atom stereocenters. The minimum atomic E-state index is -0.322. The van der Waals surface area contributed by atoms with Gasteiger partial charge in [0.2, 0.25) is 5.91 Å². The first-order valence-corrected chi connectivity index (χ1v) is 9.67. The summed E-state index contributed by atoms with van der Waals surface area (Å²) in [5, 5.41) is 3.10. The highest BCUT2D eigenvalue weighted by atomic mass is 19.1. The van der Waals surface area contributed by atoms with Crippen molar-refractivity contribution in [2.75, 3.05) is 24.6 Å². The zero-order chi connectivity index (χ0) is 19.5. The lowest BCUT2D eigenvalue weighted by Crippen LogP contribution is -2.42. The molecule has 1 fully saturated rings. The van der Waals surface area contributed by atoms with Gasteiger partial charge in [-0.15, -0.1) is 0 Å². The minimum Gasteiger partial charge on any atom is -0.493 e. The zero-order valence-corrected chi connectivity index (χ0v) is 15.6. The topological polar surface area (TPSA) is 58.6 Å². The molecule has 2 aliphatic rings. The summed E-state index contributed by atoms with van der Waals surface area (Å²) < 4.78 is 19.2. The second-order valence-electron chi connectivity index (χ2n) is 7.35. The SMILES string of the molecule is O=Cc1ccc(N2CCC(C(=O)N[C@H]3CCOc4ccc(F)cc43)CC2)cc1. The molecule has 1 N–H and O–H groups in total. The number of amides is 1. The van der Waals surface area contributed by atoms with Crippen LogP contribution in [0.5, 0.6) is 5.75 Å². The van der Waals surface area contributed by atoms with E-state index < -0.39 is 0 Å². The van der Waals surface area contributed by atoms with Crippen LogP contribution in [0, 0.1) is 11.7 Å². The van der Waals surface area contributed by atoms with Crippen LogP contribution in [-0.4, -0.2) is 31.9 Å². The van der Waals surface area contributed by atoms with Gasteiger partial charge in [0.15, 0.2) is 0 Å². The fourth-order valence-corrected chi connectivity index (χ4v) is 3.97. The van der Waals surface area contributed by atoms with E-state index >= 15 is 0 Å². The minimum absolute atomic E-state index is 0.0260. The van der Waals surface area contributed by atoms with Gasteiger partial charge in [0, 0.05) is 42.2 Å². The Bertz CT molecular complexity index is 861. The number of ether oxygens (including phenoxy) is 1. The number of hydrogen-bond donors (Lipinski definition) is 1. The van der Waals surface area contributed by atoms with Crippen LogP contribution in [0.4, 0.5) is 10.1 Å². The maximum atomic E-state index is 13.6. The molecular formula is C22H23FN2O3. The summed E-state index contributed by atoms with van der Waals surface area (Å²) in [6, 6.07) is 11.7. The van der Waals surface area contributed by atoms with Crippen LogP contribution >= 0.6 is 0 Å². The molecule has 0 spiro atoms. The summed E-state index contributed by atoms with van der Waals surface area (Å²) in [5.74, 6) is 0.298. The maximum absolute atomic E-state index is 13.6. The average Bonchev–Trinajstić information content (AvgIpc) is 2.74. The Morgan fingerprint density at radius 3 is 2.57 bits per heavy atom. The van der Waals surface area contributed by atoms with E-state index in [9.17, 15) is 14.0 Å². The first kappa shape index (κ1) is 18.5. The third-order valence-electron chi connectivity index (χ3n) is 5.59. The Morgan fingerprint density at radius 2 is 1.86 bits per heavy atom. The number of nitrogens with one attached hydrogen (secondary N) is 1. The largest absolute Gasteiger partial charge is 0.493 e. The van der Waals surface area contributed by atoms with Crippen LogP contribution in [0.3, 0.4) is 0 Å². The van der Waals surface area contributed by atoms with E-state index in [0.29, 0.717) is 29.9 Å². The summed E-state index contributed by atoms with van der Waals surface area (Å²) in [5.41, 5.74) is 2.44. The number of piperidine rings is 1. The summed E-state index contributed by atoms with van der Waals surface area (Å²) in [6.07, 6.45) is 3.01. The van der Waals surface area contributed by atoms with Crippen molar-refractivity contribution in [1.82, 2.24) is 5.32 Å². The predicted octanol–water partition coefficient (Wildman–Crippen LogP) is 3.49. The van der Waals surface area contributed by atoms with Gasteiger partial charge >= 0.3 is 0 Å². The third kappa shape index (κ3) is 3.86. The summed E-state index contributed by atoms with van der Waals surface area (Å²) >= 11 is 0. The third-order valence-corrected chi connectivity index (χ3v) is 5.59. The fraction of sp³-hybridized carbons (Fsp3) is 0.364. The van der Waals surface area contributed by atoms with Crippen molar-refractivity contribution in [3.8, 4) is 5.75 Å². The summed E-state index contributed by atoms with van der Waals surface area (Å²) in [6.45, 7) is 2.09. The van der Waals surface area contributed by atoms with Crippen molar-refractivity contribution < 1.29 is 18.7 Å². The molecule has 0 aliphatic carbocycles. The lowest BCUT2D eigenvalue weighted by atomic mass is 9.93. The van der Waals surface area contributed by atoms with E-state index in [4.69, 9.17) is 4.74 Å². The van der Waals surface area contributed by atoms with Crippen molar-refractivity contribution in [2.45, 2.75) is 25.3 Å². The van der Waals surface area contributed by atoms with E-state index in [2.05, 4.69) is 10.2 Å². The molecule has 2 heterocycles. The van der Waals surface area contributed by atoms with Gasteiger partial charge in [-0.3, -0.25) is 9.59 Å². The smallest absolute Gasteiger partial charge is 0.223 e. The average molecular weight is 382 g/mol. The highest BCUT2D eigenvalue weighted by molar-refractivity contribution is 5.80. The highest BCUT2D eigenvalue weighted by Crippen LogP contribution is 2.33. The van der Waals surface area contributed by atoms with Gasteiger partial charge < -0.3 is 15.0 Å². The van der Waals surface area contributed by atoms with E-state index in [1.807, 2.05) is 24.3 Å². The Kier molecular flexibility index (Phi) is 5.28. The second kappa shape index (κ2) is 8.00. The molecule has 28 heavy (non-hydrogen) atoms. The number of halogens is 1. The van der Waals surface area contributed by atoms with Crippen LogP contribution in [0.2, 0.25) is 0 Å². The molecule has 2 aromatic carbocycles. The van der Waals surface area contributed by atoms with E-state index in [-0.39, 0.29) is 23.7 Å². The number of carbonyl (C=O) groups is 2. The number of nitrogens with zero attached hydrogens (tertiary/aromatic N) is 1. The molecule has 1 amide bonds. The number of hydrogen-bond acceptors (Lipinski definition) is 4. The number of fused-ring (bicyclic) bond motifs is 1. The highest BCUT2D eigenvalue weighted by Gasteiger charge is 2.29. The van der Waals surface area contributed by atoms with E-state index in [1.54, 1.807) is 6.07 Å². The summed E-state index contributed by atoms with van der Waals surface area (Å²) in [7, 11) is 0. The van der Waals surface area contributed by atoms with Gasteiger partial charge in [0.25, 0.3) is 0 Å². The lowest BCUT2D eigenvalue weighted by molar-refractivity contribution is -0.126. The Morgan fingerprint density at radius 1 is 1.11 bits per heavy atom. The fourth-order valence-electron chi connectivity index (χ4n) is 3.97. The molecule has 0 saturated carbocycles. The molecule has 146 valence electrons. The van der Waals surface area contributed by atoms with Crippen molar-refractivity contribution >= 4 is 17.9 Å². The molecule has 6 heteroatoms. The second-order valence-corrected chi connectivity index (χ2v) is 7.35. The Hall–Kier alpha value is -2.89. The standard InChI is InChI=1S/C22H23FN2O3/c23-17-3-6-21-19(13-17)20(9-12-28-21)24-22(27)16-7-10-25(11-8-16)18-4-1-15(14-26)2-5-18/h1-6,13-14,16,20H,7-12H2,(H,24,27)/t20-/m0/s1. The Labute approximate surface area is 163 Å². The van der Waals surface area contributed by atoms with E-state index in [0.717, 1.165) is 37.9 Å². The molecular weight excluding hydrogens is 359 g/mol. The van der Waals surface area contributed by atoms with Crippen LogP contribution in [-0.2, 0) is 4.79 Å². The molecule has 2 aromatic rings. The van der Waals surface area contributed by atoms with Crippen LogP contribution in [0.1, 0.15) is 41.2 Å².